The van der Waals surface area contributed by atoms with Crippen molar-refractivity contribution in [2.24, 2.45) is 0 Å². The molecule has 0 radical (unpaired) electrons. The van der Waals surface area contributed by atoms with Crippen LogP contribution in [0.5, 0.6) is 0 Å². The van der Waals surface area contributed by atoms with E-state index in [1.165, 1.54) is 6.92 Å². The largest absolute Gasteiger partial charge is 0.383 e. The zero-order valence-corrected chi connectivity index (χ0v) is 11.9. The summed E-state index contributed by atoms with van der Waals surface area (Å²) in [7, 11) is 0. The number of carbonyl (C=O) groups is 1. The third-order valence-electron chi connectivity index (χ3n) is 3.30. The molecule has 3 N–H and O–H groups in total. The molecule has 5 nitrogen and oxygen atoms in total. The molecule has 2 aromatic heterocycles. The molecule has 106 valence electrons. The summed E-state index contributed by atoms with van der Waals surface area (Å²) in [5, 5.41) is 2.74. The van der Waals surface area contributed by atoms with Gasteiger partial charge in [-0.3, -0.25) is 9.20 Å². The zero-order chi connectivity index (χ0) is 15.0. The minimum Gasteiger partial charge on any atom is -0.383 e. The van der Waals surface area contributed by atoms with E-state index in [-0.39, 0.29) is 5.91 Å². The van der Waals surface area contributed by atoms with Crippen molar-refractivity contribution in [2.45, 2.75) is 13.8 Å². The first kappa shape index (κ1) is 13.2. The van der Waals surface area contributed by atoms with Crippen molar-refractivity contribution in [2.75, 3.05) is 11.1 Å². The number of amides is 1. The number of pyridine rings is 1. The fraction of sp³-hybridized carbons (Fsp3) is 0.125. The van der Waals surface area contributed by atoms with Gasteiger partial charge < -0.3 is 11.1 Å². The second-order valence-electron chi connectivity index (χ2n) is 5.04. The van der Waals surface area contributed by atoms with Gasteiger partial charge >= 0.3 is 0 Å². The molecule has 0 aliphatic heterocycles. The number of nitrogens with zero attached hydrogens (tertiary/aromatic N) is 2. The topological polar surface area (TPSA) is 72.4 Å². The van der Waals surface area contributed by atoms with Crippen molar-refractivity contribution in [3.63, 3.8) is 0 Å². The van der Waals surface area contributed by atoms with Gasteiger partial charge in [0.05, 0.1) is 0 Å². The van der Waals surface area contributed by atoms with E-state index in [1.807, 2.05) is 53.9 Å². The van der Waals surface area contributed by atoms with Gasteiger partial charge in [0.15, 0.2) is 0 Å². The number of aromatic nitrogens is 2. The Bertz CT molecular complexity index is 818. The Kier molecular flexibility index (Phi) is 3.10. The molecule has 0 spiro atoms. The first-order valence-corrected chi connectivity index (χ1v) is 6.67. The Labute approximate surface area is 122 Å². The summed E-state index contributed by atoms with van der Waals surface area (Å²) in [5.74, 6) is 0.516. The minimum atomic E-state index is -0.0922. The van der Waals surface area contributed by atoms with Crippen LogP contribution in [0.1, 0.15) is 12.5 Å². The predicted molar refractivity (Wildman–Crippen MR) is 84.1 cm³/mol. The van der Waals surface area contributed by atoms with Crippen molar-refractivity contribution < 1.29 is 4.79 Å². The summed E-state index contributed by atoms with van der Waals surface area (Å²) in [6, 6.07) is 11.5. The first-order valence-electron chi connectivity index (χ1n) is 6.67. The van der Waals surface area contributed by atoms with Gasteiger partial charge in [-0.15, -0.1) is 0 Å². The van der Waals surface area contributed by atoms with E-state index >= 15 is 0 Å². The first-order chi connectivity index (χ1) is 10.0. The fourth-order valence-electron chi connectivity index (χ4n) is 2.29. The van der Waals surface area contributed by atoms with Gasteiger partial charge in [-0.2, -0.15) is 0 Å². The lowest BCUT2D eigenvalue weighted by Gasteiger charge is -2.03. The Morgan fingerprint density at radius 3 is 2.62 bits per heavy atom. The summed E-state index contributed by atoms with van der Waals surface area (Å²) in [5.41, 5.74) is 10.6. The van der Waals surface area contributed by atoms with Crippen LogP contribution in [-0.2, 0) is 4.79 Å². The molecule has 0 saturated heterocycles. The Morgan fingerprint density at radius 2 is 1.95 bits per heavy atom. The molecule has 21 heavy (non-hydrogen) atoms. The molecule has 0 fully saturated rings. The summed E-state index contributed by atoms with van der Waals surface area (Å²) in [6.07, 6.45) is 1.92. The normalized spacial score (nSPS) is 10.8. The van der Waals surface area contributed by atoms with Crippen LogP contribution in [0.2, 0.25) is 0 Å². The molecular weight excluding hydrogens is 264 g/mol. The SMILES string of the molecule is CC(=O)Nc1ccc(-c2nc3cc(C)ccn3c2N)cc1. The van der Waals surface area contributed by atoms with Crippen LogP contribution in [0.3, 0.4) is 0 Å². The molecule has 3 rings (SSSR count). The number of carbonyl (C=O) groups excluding carboxylic acids is 1. The number of nitrogen functional groups attached to an aromatic ring is 1. The molecule has 3 aromatic rings. The number of hydrogen-bond donors (Lipinski definition) is 2. The van der Waals surface area contributed by atoms with Gasteiger partial charge in [0.1, 0.15) is 17.2 Å². The monoisotopic (exact) mass is 280 g/mol. The van der Waals surface area contributed by atoms with E-state index in [4.69, 9.17) is 5.73 Å². The summed E-state index contributed by atoms with van der Waals surface area (Å²) in [6.45, 7) is 3.50. The van der Waals surface area contributed by atoms with E-state index in [9.17, 15) is 4.79 Å². The Balaban J connectivity index is 2.03. The van der Waals surface area contributed by atoms with E-state index in [2.05, 4.69) is 10.3 Å². The highest BCUT2D eigenvalue weighted by molar-refractivity contribution is 5.89. The number of anilines is 2. The van der Waals surface area contributed by atoms with Crippen molar-refractivity contribution in [3.8, 4) is 11.3 Å². The third-order valence-corrected chi connectivity index (χ3v) is 3.30. The molecule has 0 bridgehead atoms. The molecular formula is C16H16N4O. The molecule has 0 aliphatic rings. The Hall–Kier alpha value is -2.82. The number of aryl methyl sites for hydroxylation is 1. The quantitative estimate of drug-likeness (QED) is 0.758. The second kappa shape index (κ2) is 4.94. The molecule has 1 aromatic carbocycles. The zero-order valence-electron chi connectivity index (χ0n) is 11.9. The molecule has 0 aliphatic carbocycles. The number of hydrogen-bond acceptors (Lipinski definition) is 3. The van der Waals surface area contributed by atoms with Gasteiger partial charge in [-0.1, -0.05) is 12.1 Å². The molecule has 2 heterocycles. The minimum absolute atomic E-state index is 0.0922. The van der Waals surface area contributed by atoms with Crippen molar-refractivity contribution >= 4 is 23.1 Å². The maximum atomic E-state index is 11.0. The van der Waals surface area contributed by atoms with Gasteiger partial charge in [-0.05, 0) is 36.8 Å². The van der Waals surface area contributed by atoms with Gasteiger partial charge in [0.25, 0.3) is 0 Å². The van der Waals surface area contributed by atoms with Crippen LogP contribution in [0.15, 0.2) is 42.6 Å². The van der Waals surface area contributed by atoms with Gasteiger partial charge in [0.2, 0.25) is 5.91 Å². The van der Waals surface area contributed by atoms with Crippen LogP contribution >= 0.6 is 0 Å². The van der Waals surface area contributed by atoms with E-state index in [1.54, 1.807) is 0 Å². The van der Waals surface area contributed by atoms with Crippen molar-refractivity contribution in [3.05, 3.63) is 48.2 Å². The lowest BCUT2D eigenvalue weighted by molar-refractivity contribution is -0.114. The highest BCUT2D eigenvalue weighted by Crippen LogP contribution is 2.27. The number of rotatable bonds is 2. The van der Waals surface area contributed by atoms with E-state index < -0.39 is 0 Å². The van der Waals surface area contributed by atoms with E-state index in [0.29, 0.717) is 5.82 Å². The Morgan fingerprint density at radius 1 is 1.24 bits per heavy atom. The average molecular weight is 280 g/mol. The second-order valence-corrected chi connectivity index (χ2v) is 5.04. The van der Waals surface area contributed by atoms with Gasteiger partial charge in [0, 0.05) is 24.4 Å². The molecule has 5 heteroatoms. The maximum absolute atomic E-state index is 11.0. The summed E-state index contributed by atoms with van der Waals surface area (Å²) in [4.78, 5) is 15.6. The van der Waals surface area contributed by atoms with Gasteiger partial charge in [-0.25, -0.2) is 4.98 Å². The van der Waals surface area contributed by atoms with Crippen molar-refractivity contribution in [1.29, 1.82) is 0 Å². The smallest absolute Gasteiger partial charge is 0.221 e. The van der Waals surface area contributed by atoms with Crippen LogP contribution < -0.4 is 11.1 Å². The van der Waals surface area contributed by atoms with Crippen LogP contribution in [0.4, 0.5) is 11.5 Å². The molecule has 0 saturated carbocycles. The summed E-state index contributed by atoms with van der Waals surface area (Å²) >= 11 is 0. The van der Waals surface area contributed by atoms with Crippen LogP contribution in [-0.4, -0.2) is 15.3 Å². The predicted octanol–water partition coefficient (Wildman–Crippen LogP) is 2.85. The molecule has 0 atom stereocenters. The number of nitrogens with two attached hydrogens (primary N) is 1. The van der Waals surface area contributed by atoms with Crippen LogP contribution in [0, 0.1) is 6.92 Å². The number of imidazole rings is 1. The third kappa shape index (κ3) is 2.45. The highest BCUT2D eigenvalue weighted by atomic mass is 16.1. The lowest BCUT2D eigenvalue weighted by Crippen LogP contribution is -2.05. The van der Waals surface area contributed by atoms with Crippen LogP contribution in [0.25, 0.3) is 16.9 Å². The highest BCUT2D eigenvalue weighted by Gasteiger charge is 2.11. The molecule has 0 unspecified atom stereocenters. The van der Waals surface area contributed by atoms with Crippen molar-refractivity contribution in [1.82, 2.24) is 9.38 Å². The fourth-order valence-corrected chi connectivity index (χ4v) is 2.29. The van der Waals surface area contributed by atoms with E-state index in [0.717, 1.165) is 28.2 Å². The average Bonchev–Trinajstić information content (AvgIpc) is 2.75. The standard InChI is InChI=1S/C16H16N4O/c1-10-7-8-20-14(9-10)19-15(16(20)17)12-3-5-13(6-4-12)18-11(2)21/h3-9H,17H2,1-2H3,(H,18,21). The number of nitrogens with one attached hydrogen (secondary N) is 1. The number of benzene rings is 1. The molecule has 1 amide bonds. The lowest BCUT2D eigenvalue weighted by atomic mass is 10.1. The maximum Gasteiger partial charge on any atom is 0.221 e. The summed E-state index contributed by atoms with van der Waals surface area (Å²) < 4.78 is 1.87. The number of fused-ring (bicyclic) bond motifs is 1.